The van der Waals surface area contributed by atoms with E-state index in [2.05, 4.69) is 5.32 Å². The fraction of sp³-hybridized carbons (Fsp3) is 0.600. The molecule has 0 aliphatic carbocycles. The van der Waals surface area contributed by atoms with Crippen molar-refractivity contribution in [2.45, 2.75) is 38.4 Å². The van der Waals surface area contributed by atoms with E-state index in [0.29, 0.717) is 13.0 Å². The molecule has 0 aliphatic heterocycles. The molecular weight excluding hydrogens is 261 g/mol. The topological polar surface area (TPSA) is 61.7 Å². The second-order valence-electron chi connectivity index (χ2n) is 5.27. The Morgan fingerprint density at radius 2 is 2.10 bits per heavy atom. The minimum atomic E-state index is -0.777. The van der Waals surface area contributed by atoms with Gasteiger partial charge in [0, 0.05) is 13.1 Å². The molecule has 1 aromatic carbocycles. The molecule has 4 nitrogen and oxygen atoms in total. The first-order valence-corrected chi connectivity index (χ1v) is 6.93. The van der Waals surface area contributed by atoms with Crippen LogP contribution in [0.4, 0.5) is 4.39 Å². The largest absolute Gasteiger partial charge is 0.488 e. The van der Waals surface area contributed by atoms with E-state index < -0.39 is 17.5 Å². The average Bonchev–Trinajstić information content (AvgIpc) is 2.37. The van der Waals surface area contributed by atoms with Gasteiger partial charge in [-0.25, -0.2) is 4.39 Å². The first kappa shape index (κ1) is 16.9. The van der Waals surface area contributed by atoms with Gasteiger partial charge in [-0.05, 0) is 25.5 Å². The van der Waals surface area contributed by atoms with Gasteiger partial charge >= 0.3 is 0 Å². The maximum Gasteiger partial charge on any atom is 0.165 e. The summed E-state index contributed by atoms with van der Waals surface area (Å²) in [6, 6.07) is 6.07. The summed E-state index contributed by atoms with van der Waals surface area (Å²) in [6.45, 7) is 4.45. The third kappa shape index (κ3) is 6.32. The maximum absolute atomic E-state index is 13.3. The van der Waals surface area contributed by atoms with Crippen molar-refractivity contribution in [3.8, 4) is 5.75 Å². The third-order valence-electron chi connectivity index (χ3n) is 2.94. The molecule has 5 heteroatoms. The van der Waals surface area contributed by atoms with E-state index in [1.807, 2.05) is 6.92 Å². The van der Waals surface area contributed by atoms with Crippen molar-refractivity contribution in [3.05, 3.63) is 30.1 Å². The highest BCUT2D eigenvalue weighted by atomic mass is 19.1. The molecule has 2 unspecified atom stereocenters. The van der Waals surface area contributed by atoms with Gasteiger partial charge in [-0.15, -0.1) is 0 Å². The Morgan fingerprint density at radius 3 is 2.75 bits per heavy atom. The fourth-order valence-corrected chi connectivity index (χ4v) is 1.94. The Labute approximate surface area is 119 Å². The fourth-order valence-electron chi connectivity index (χ4n) is 1.94. The number of rotatable bonds is 9. The van der Waals surface area contributed by atoms with Gasteiger partial charge in [0.05, 0.1) is 5.60 Å². The molecule has 114 valence electrons. The van der Waals surface area contributed by atoms with Gasteiger partial charge in [0.25, 0.3) is 0 Å². The lowest BCUT2D eigenvalue weighted by Crippen LogP contribution is -2.41. The van der Waals surface area contributed by atoms with Crippen molar-refractivity contribution >= 4 is 0 Å². The summed E-state index contributed by atoms with van der Waals surface area (Å²) in [5.74, 6) is -0.317. The minimum Gasteiger partial charge on any atom is -0.488 e. The minimum absolute atomic E-state index is 0.00382. The van der Waals surface area contributed by atoms with Crippen molar-refractivity contribution < 1.29 is 19.3 Å². The molecule has 0 amide bonds. The predicted molar refractivity (Wildman–Crippen MR) is 76.3 cm³/mol. The number of ether oxygens (including phenoxy) is 1. The van der Waals surface area contributed by atoms with Crippen molar-refractivity contribution in [2.24, 2.45) is 0 Å². The highest BCUT2D eigenvalue weighted by molar-refractivity contribution is 5.23. The summed E-state index contributed by atoms with van der Waals surface area (Å²) < 4.78 is 18.5. The molecule has 0 radical (unpaired) electrons. The monoisotopic (exact) mass is 285 g/mol. The smallest absolute Gasteiger partial charge is 0.165 e. The van der Waals surface area contributed by atoms with Crippen LogP contribution in [0.2, 0.25) is 0 Å². The first-order valence-electron chi connectivity index (χ1n) is 6.93. The number of hydrogen-bond donors (Lipinski definition) is 3. The quantitative estimate of drug-likeness (QED) is 0.646. The molecule has 20 heavy (non-hydrogen) atoms. The van der Waals surface area contributed by atoms with Crippen molar-refractivity contribution in [3.63, 3.8) is 0 Å². The number of benzene rings is 1. The van der Waals surface area contributed by atoms with Crippen LogP contribution in [-0.2, 0) is 0 Å². The summed E-state index contributed by atoms with van der Waals surface area (Å²) >= 11 is 0. The van der Waals surface area contributed by atoms with Gasteiger partial charge < -0.3 is 20.3 Å². The molecule has 0 aliphatic rings. The van der Waals surface area contributed by atoms with E-state index in [1.54, 1.807) is 19.1 Å². The highest BCUT2D eigenvalue weighted by Gasteiger charge is 2.18. The van der Waals surface area contributed by atoms with E-state index in [9.17, 15) is 14.6 Å². The summed E-state index contributed by atoms with van der Waals surface area (Å²) in [4.78, 5) is 0. The molecule has 0 bridgehead atoms. The molecule has 0 fully saturated rings. The molecule has 0 saturated carbocycles. The van der Waals surface area contributed by atoms with Crippen LogP contribution in [0.25, 0.3) is 0 Å². The van der Waals surface area contributed by atoms with Crippen LogP contribution >= 0.6 is 0 Å². The highest BCUT2D eigenvalue weighted by Crippen LogP contribution is 2.15. The summed E-state index contributed by atoms with van der Waals surface area (Å²) in [5.41, 5.74) is -0.777. The van der Waals surface area contributed by atoms with Gasteiger partial charge in [0.1, 0.15) is 12.7 Å². The standard InChI is InChI=1S/C15H24FNO3/c1-3-8-15(2,19)11-17-9-12(18)10-20-14-7-5-4-6-13(14)16/h4-7,12,17-19H,3,8-11H2,1-2H3. The normalized spacial score (nSPS) is 15.7. The van der Waals surface area contributed by atoms with Crippen LogP contribution in [0.3, 0.4) is 0 Å². The Kier molecular flexibility index (Phi) is 6.91. The molecule has 3 N–H and O–H groups in total. The van der Waals surface area contributed by atoms with Gasteiger partial charge in [-0.2, -0.15) is 0 Å². The molecule has 1 rings (SSSR count). The number of halogens is 1. The SMILES string of the molecule is CCCC(C)(O)CNCC(O)COc1ccccc1F. The third-order valence-corrected chi connectivity index (χ3v) is 2.94. The number of para-hydroxylation sites is 1. The number of nitrogens with one attached hydrogen (secondary N) is 1. The molecule has 2 atom stereocenters. The summed E-state index contributed by atoms with van der Waals surface area (Å²) in [6.07, 6.45) is 0.835. The second-order valence-corrected chi connectivity index (χ2v) is 5.27. The zero-order valence-electron chi connectivity index (χ0n) is 12.1. The van der Waals surface area contributed by atoms with Crippen LogP contribution in [0.15, 0.2) is 24.3 Å². The molecule has 0 aromatic heterocycles. The maximum atomic E-state index is 13.3. The number of hydrogen-bond acceptors (Lipinski definition) is 4. The van der Waals surface area contributed by atoms with E-state index >= 15 is 0 Å². The van der Waals surface area contributed by atoms with Crippen LogP contribution in [0, 0.1) is 5.82 Å². The molecule has 1 aromatic rings. The Morgan fingerprint density at radius 1 is 1.40 bits per heavy atom. The van der Waals surface area contributed by atoms with Crippen molar-refractivity contribution in [1.29, 1.82) is 0 Å². The van der Waals surface area contributed by atoms with Gasteiger partial charge in [0.2, 0.25) is 0 Å². The number of aliphatic hydroxyl groups is 2. The Bertz CT molecular complexity index is 398. The lowest BCUT2D eigenvalue weighted by atomic mass is 10.0. The second kappa shape index (κ2) is 8.19. The van der Waals surface area contributed by atoms with E-state index in [-0.39, 0.29) is 18.9 Å². The van der Waals surface area contributed by atoms with Gasteiger partial charge in [-0.1, -0.05) is 25.5 Å². The van der Waals surface area contributed by atoms with Gasteiger partial charge in [-0.3, -0.25) is 0 Å². The first-order chi connectivity index (χ1) is 9.44. The molecule has 0 heterocycles. The predicted octanol–water partition coefficient (Wildman–Crippen LogP) is 1.71. The number of aliphatic hydroxyl groups excluding tert-OH is 1. The van der Waals surface area contributed by atoms with E-state index in [1.165, 1.54) is 12.1 Å². The van der Waals surface area contributed by atoms with Crippen molar-refractivity contribution in [2.75, 3.05) is 19.7 Å². The zero-order valence-corrected chi connectivity index (χ0v) is 12.1. The van der Waals surface area contributed by atoms with Crippen LogP contribution in [0.1, 0.15) is 26.7 Å². The van der Waals surface area contributed by atoms with E-state index in [0.717, 1.165) is 6.42 Å². The van der Waals surface area contributed by atoms with Crippen molar-refractivity contribution in [1.82, 2.24) is 5.32 Å². The lowest BCUT2D eigenvalue weighted by Gasteiger charge is -2.24. The zero-order chi connectivity index (χ0) is 15.0. The lowest BCUT2D eigenvalue weighted by molar-refractivity contribution is 0.0425. The Hall–Kier alpha value is -1.17. The Balaban J connectivity index is 2.24. The molecular formula is C15H24FNO3. The van der Waals surface area contributed by atoms with Gasteiger partial charge in [0.15, 0.2) is 11.6 Å². The molecule has 0 saturated heterocycles. The average molecular weight is 285 g/mol. The van der Waals surface area contributed by atoms with Crippen LogP contribution in [0.5, 0.6) is 5.75 Å². The van der Waals surface area contributed by atoms with E-state index in [4.69, 9.17) is 4.74 Å². The van der Waals surface area contributed by atoms with Crippen LogP contribution < -0.4 is 10.1 Å². The summed E-state index contributed by atoms with van der Waals surface area (Å²) in [5, 5.41) is 22.7. The molecule has 0 spiro atoms. The summed E-state index contributed by atoms with van der Waals surface area (Å²) in [7, 11) is 0. The van der Waals surface area contributed by atoms with Crippen LogP contribution in [-0.4, -0.2) is 41.6 Å².